The third-order valence-electron chi connectivity index (χ3n) is 6.32. The van der Waals surface area contributed by atoms with E-state index in [1.165, 1.54) is 63.8 Å². The Labute approximate surface area is 146 Å². The molecule has 1 atom stereocenters. The molecule has 1 saturated carbocycles. The van der Waals surface area contributed by atoms with Crippen molar-refractivity contribution in [2.45, 2.75) is 44.7 Å². The molecular formula is C20H31N3O. The number of hydrogen-bond acceptors (Lipinski definition) is 4. The Hall–Kier alpha value is -0.970. The van der Waals surface area contributed by atoms with Crippen LogP contribution in [0.4, 0.5) is 0 Å². The molecule has 0 amide bonds. The van der Waals surface area contributed by atoms with E-state index in [4.69, 9.17) is 4.74 Å². The lowest BCUT2D eigenvalue weighted by Gasteiger charge is -2.39. The minimum absolute atomic E-state index is 0.519. The highest BCUT2D eigenvalue weighted by Gasteiger charge is 2.45. The molecule has 4 heteroatoms. The Bertz CT molecular complexity index is 523. The van der Waals surface area contributed by atoms with Crippen molar-refractivity contribution >= 4 is 0 Å². The molecule has 0 N–H and O–H groups in total. The van der Waals surface area contributed by atoms with E-state index in [9.17, 15) is 0 Å². The Morgan fingerprint density at radius 2 is 2.12 bits per heavy atom. The molecule has 132 valence electrons. The Kier molecular flexibility index (Phi) is 4.88. The predicted molar refractivity (Wildman–Crippen MR) is 95.8 cm³/mol. The van der Waals surface area contributed by atoms with Gasteiger partial charge in [-0.05, 0) is 68.2 Å². The standard InChI is InChI=1S/C20H31N3O/c1-24-15-19-11-20(6-9-22(10-7-20)13-17-4-5-17)16-23(19)14-18-3-2-8-21-12-18/h2-3,8,12,17,19H,4-7,9-11,13-16H2,1H3/t19-/m1/s1. The minimum atomic E-state index is 0.519. The van der Waals surface area contributed by atoms with Crippen molar-refractivity contribution < 1.29 is 4.74 Å². The zero-order valence-electron chi connectivity index (χ0n) is 15.0. The number of nitrogens with zero attached hydrogens (tertiary/aromatic N) is 3. The molecule has 0 radical (unpaired) electrons. The van der Waals surface area contributed by atoms with Gasteiger partial charge in [0, 0.05) is 45.2 Å². The minimum Gasteiger partial charge on any atom is -0.383 e. The number of aromatic nitrogens is 1. The van der Waals surface area contributed by atoms with Crippen molar-refractivity contribution in [1.29, 1.82) is 0 Å². The molecule has 0 unspecified atom stereocenters. The number of rotatable bonds is 6. The fourth-order valence-corrected chi connectivity index (χ4v) is 4.76. The molecule has 3 aliphatic rings. The van der Waals surface area contributed by atoms with Gasteiger partial charge < -0.3 is 9.64 Å². The summed E-state index contributed by atoms with van der Waals surface area (Å²) in [5.74, 6) is 1.02. The molecule has 1 aromatic rings. The maximum Gasteiger partial charge on any atom is 0.0618 e. The van der Waals surface area contributed by atoms with E-state index in [0.29, 0.717) is 11.5 Å². The first kappa shape index (κ1) is 16.5. The highest BCUT2D eigenvalue weighted by Crippen LogP contribution is 2.44. The highest BCUT2D eigenvalue weighted by atomic mass is 16.5. The number of ether oxygens (including phenoxy) is 1. The fourth-order valence-electron chi connectivity index (χ4n) is 4.76. The maximum absolute atomic E-state index is 5.54. The fraction of sp³-hybridized carbons (Fsp3) is 0.750. The number of piperidine rings is 1. The third kappa shape index (κ3) is 3.81. The van der Waals surface area contributed by atoms with Crippen molar-refractivity contribution in [3.05, 3.63) is 30.1 Å². The molecule has 3 heterocycles. The van der Waals surface area contributed by atoms with E-state index < -0.39 is 0 Å². The third-order valence-corrected chi connectivity index (χ3v) is 6.32. The molecule has 4 rings (SSSR count). The molecule has 0 bridgehead atoms. The van der Waals surface area contributed by atoms with Gasteiger partial charge in [-0.25, -0.2) is 0 Å². The first-order valence-electron chi connectivity index (χ1n) is 9.61. The lowest BCUT2D eigenvalue weighted by molar-refractivity contribution is 0.103. The summed E-state index contributed by atoms with van der Waals surface area (Å²) in [4.78, 5) is 9.65. The van der Waals surface area contributed by atoms with Crippen molar-refractivity contribution in [2.24, 2.45) is 11.3 Å². The van der Waals surface area contributed by atoms with Crippen molar-refractivity contribution in [2.75, 3.05) is 39.9 Å². The summed E-state index contributed by atoms with van der Waals surface area (Å²) < 4.78 is 5.54. The topological polar surface area (TPSA) is 28.6 Å². The maximum atomic E-state index is 5.54. The van der Waals surface area contributed by atoms with E-state index >= 15 is 0 Å². The summed E-state index contributed by atoms with van der Waals surface area (Å²) in [6.07, 6.45) is 10.8. The highest BCUT2D eigenvalue weighted by molar-refractivity contribution is 5.10. The Balaban J connectivity index is 1.38. The van der Waals surface area contributed by atoms with E-state index in [1.807, 2.05) is 25.6 Å². The smallest absolute Gasteiger partial charge is 0.0618 e. The second-order valence-corrected chi connectivity index (χ2v) is 8.32. The van der Waals surface area contributed by atoms with Crippen LogP contribution in [0, 0.1) is 11.3 Å². The first-order valence-corrected chi connectivity index (χ1v) is 9.61. The second-order valence-electron chi connectivity index (χ2n) is 8.32. The van der Waals surface area contributed by atoms with Crippen LogP contribution in [0.25, 0.3) is 0 Å². The van der Waals surface area contributed by atoms with Crippen LogP contribution in [0.2, 0.25) is 0 Å². The van der Waals surface area contributed by atoms with Crippen molar-refractivity contribution in [3.63, 3.8) is 0 Å². The molecule has 4 nitrogen and oxygen atoms in total. The zero-order chi connectivity index (χ0) is 16.4. The van der Waals surface area contributed by atoms with Crippen molar-refractivity contribution in [1.82, 2.24) is 14.8 Å². The van der Waals surface area contributed by atoms with Crippen LogP contribution in [0.5, 0.6) is 0 Å². The SMILES string of the molecule is COC[C@H]1CC2(CCN(CC3CC3)CC2)CN1Cc1cccnc1. The predicted octanol–water partition coefficient (Wildman–Crippen LogP) is 2.79. The first-order chi connectivity index (χ1) is 11.8. The van der Waals surface area contributed by atoms with Gasteiger partial charge in [-0.3, -0.25) is 9.88 Å². The van der Waals surface area contributed by atoms with Gasteiger partial charge in [-0.15, -0.1) is 0 Å². The van der Waals surface area contributed by atoms with Crippen LogP contribution in [-0.4, -0.2) is 60.7 Å². The van der Waals surface area contributed by atoms with Crippen LogP contribution >= 0.6 is 0 Å². The zero-order valence-corrected chi connectivity index (χ0v) is 15.0. The van der Waals surface area contributed by atoms with Crippen LogP contribution in [0.15, 0.2) is 24.5 Å². The Morgan fingerprint density at radius 1 is 1.29 bits per heavy atom. The summed E-state index contributed by atoms with van der Waals surface area (Å²) >= 11 is 0. The molecular weight excluding hydrogens is 298 g/mol. The van der Waals surface area contributed by atoms with Gasteiger partial charge in [0.25, 0.3) is 0 Å². The van der Waals surface area contributed by atoms with Gasteiger partial charge in [-0.2, -0.15) is 0 Å². The summed E-state index contributed by atoms with van der Waals surface area (Å²) in [5, 5.41) is 0. The monoisotopic (exact) mass is 329 g/mol. The molecule has 0 aromatic carbocycles. The normalized spacial score (nSPS) is 27.8. The second kappa shape index (κ2) is 7.11. The van der Waals surface area contributed by atoms with Gasteiger partial charge in [0.15, 0.2) is 0 Å². The van der Waals surface area contributed by atoms with E-state index in [2.05, 4.69) is 20.9 Å². The molecule has 1 aromatic heterocycles. The van der Waals surface area contributed by atoms with Gasteiger partial charge in [0.1, 0.15) is 0 Å². The summed E-state index contributed by atoms with van der Waals surface area (Å²) in [5.41, 5.74) is 1.84. The van der Waals surface area contributed by atoms with E-state index in [0.717, 1.165) is 19.1 Å². The van der Waals surface area contributed by atoms with E-state index in [-0.39, 0.29) is 0 Å². The molecule has 1 spiro atoms. The summed E-state index contributed by atoms with van der Waals surface area (Å²) in [6.45, 7) is 7.06. The van der Waals surface area contributed by atoms with Gasteiger partial charge in [0.05, 0.1) is 6.61 Å². The van der Waals surface area contributed by atoms with Crippen LogP contribution in [-0.2, 0) is 11.3 Å². The molecule has 2 aliphatic heterocycles. The van der Waals surface area contributed by atoms with Gasteiger partial charge in [-0.1, -0.05) is 6.07 Å². The lowest BCUT2D eigenvalue weighted by Crippen LogP contribution is -2.42. The van der Waals surface area contributed by atoms with Crippen molar-refractivity contribution in [3.8, 4) is 0 Å². The number of methoxy groups -OCH3 is 1. The van der Waals surface area contributed by atoms with Crippen LogP contribution < -0.4 is 0 Å². The molecule has 24 heavy (non-hydrogen) atoms. The average Bonchev–Trinajstić information content (AvgIpc) is 3.36. The number of pyridine rings is 1. The van der Waals surface area contributed by atoms with Gasteiger partial charge >= 0.3 is 0 Å². The van der Waals surface area contributed by atoms with Crippen LogP contribution in [0.1, 0.15) is 37.7 Å². The van der Waals surface area contributed by atoms with Gasteiger partial charge in [0.2, 0.25) is 0 Å². The number of hydrogen-bond donors (Lipinski definition) is 0. The lowest BCUT2D eigenvalue weighted by atomic mass is 9.76. The number of likely N-dealkylation sites (tertiary alicyclic amines) is 2. The quantitative estimate of drug-likeness (QED) is 0.802. The van der Waals surface area contributed by atoms with E-state index in [1.54, 1.807) is 0 Å². The molecule has 1 aliphatic carbocycles. The van der Waals surface area contributed by atoms with Crippen LogP contribution in [0.3, 0.4) is 0 Å². The largest absolute Gasteiger partial charge is 0.383 e. The summed E-state index contributed by atoms with van der Waals surface area (Å²) in [6, 6.07) is 4.80. The average molecular weight is 329 g/mol. The molecule has 2 saturated heterocycles. The summed E-state index contributed by atoms with van der Waals surface area (Å²) in [7, 11) is 1.84. The molecule has 3 fully saturated rings. The Morgan fingerprint density at radius 3 is 2.79 bits per heavy atom.